The van der Waals surface area contributed by atoms with Crippen molar-refractivity contribution in [2.45, 2.75) is 19.4 Å². The molecule has 3 heterocycles. The van der Waals surface area contributed by atoms with Crippen LogP contribution in [0, 0.1) is 5.92 Å². The summed E-state index contributed by atoms with van der Waals surface area (Å²) in [5.74, 6) is 1.61. The number of anilines is 1. The molecule has 2 amide bonds. The second kappa shape index (κ2) is 7.58. The Morgan fingerprint density at radius 3 is 2.83 bits per heavy atom. The fourth-order valence-electron chi connectivity index (χ4n) is 3.53. The van der Waals surface area contributed by atoms with Gasteiger partial charge in [-0.2, -0.15) is 5.10 Å². The molecule has 0 spiro atoms. The van der Waals surface area contributed by atoms with Gasteiger partial charge < -0.3 is 9.64 Å². The summed E-state index contributed by atoms with van der Waals surface area (Å²) < 4.78 is 5.87. The van der Waals surface area contributed by atoms with Crippen LogP contribution >= 0.6 is 0 Å². The van der Waals surface area contributed by atoms with Crippen LogP contribution < -0.4 is 9.64 Å². The maximum Gasteiger partial charge on any atom is 0.324 e. The highest BCUT2D eigenvalue weighted by molar-refractivity contribution is 5.94. The van der Waals surface area contributed by atoms with Crippen molar-refractivity contribution in [2.75, 3.05) is 24.6 Å². The molecule has 2 fully saturated rings. The molecule has 1 aromatic carbocycles. The summed E-state index contributed by atoms with van der Waals surface area (Å²) in [6, 6.07) is 11.9. The summed E-state index contributed by atoms with van der Waals surface area (Å²) in [6.45, 7) is 2.72. The molecular weight excluding hydrogens is 366 g/mol. The zero-order chi connectivity index (χ0) is 19.6. The van der Waals surface area contributed by atoms with E-state index in [1.54, 1.807) is 23.5 Å². The highest BCUT2D eigenvalue weighted by Gasteiger charge is 2.30. The predicted octanol–water partition coefficient (Wildman–Crippen LogP) is 3.70. The summed E-state index contributed by atoms with van der Waals surface area (Å²) >= 11 is 0. The lowest BCUT2D eigenvalue weighted by atomic mass is 10.2. The van der Waals surface area contributed by atoms with Crippen LogP contribution in [-0.4, -0.2) is 45.8 Å². The molecule has 1 saturated carbocycles. The van der Waals surface area contributed by atoms with Gasteiger partial charge in [0.15, 0.2) is 0 Å². The van der Waals surface area contributed by atoms with Gasteiger partial charge in [0.1, 0.15) is 5.75 Å². The van der Waals surface area contributed by atoms with Gasteiger partial charge in [0, 0.05) is 31.4 Å². The van der Waals surface area contributed by atoms with E-state index in [0.717, 1.165) is 40.8 Å². The summed E-state index contributed by atoms with van der Waals surface area (Å²) in [5.41, 5.74) is 3.65. The molecule has 2 aliphatic rings. The largest absolute Gasteiger partial charge is 0.493 e. The molecule has 0 bridgehead atoms. The number of ether oxygens (including phenoxy) is 1. The molecule has 0 atom stereocenters. The van der Waals surface area contributed by atoms with Crippen LogP contribution in [0.2, 0.25) is 0 Å². The monoisotopic (exact) mass is 389 g/mol. The molecule has 2 aromatic heterocycles. The van der Waals surface area contributed by atoms with E-state index in [-0.39, 0.29) is 6.03 Å². The van der Waals surface area contributed by atoms with E-state index in [9.17, 15) is 4.79 Å². The van der Waals surface area contributed by atoms with E-state index in [1.165, 1.54) is 12.8 Å². The number of H-pyrrole nitrogens is 1. The van der Waals surface area contributed by atoms with Crippen molar-refractivity contribution < 1.29 is 9.53 Å². The summed E-state index contributed by atoms with van der Waals surface area (Å²) in [4.78, 5) is 21.0. The number of carbonyl (C=O) groups excluding carboxylic acids is 1. The summed E-state index contributed by atoms with van der Waals surface area (Å²) in [6.07, 6.45) is 7.82. The van der Waals surface area contributed by atoms with Crippen LogP contribution in [0.5, 0.6) is 5.75 Å². The number of hydrogen-bond donors (Lipinski definition) is 1. The van der Waals surface area contributed by atoms with E-state index in [0.29, 0.717) is 19.6 Å². The van der Waals surface area contributed by atoms with Crippen LogP contribution in [0.15, 0.2) is 55.0 Å². The van der Waals surface area contributed by atoms with Crippen molar-refractivity contribution in [3.8, 4) is 17.0 Å². The van der Waals surface area contributed by atoms with Gasteiger partial charge in [0.25, 0.3) is 0 Å². The minimum atomic E-state index is 0.00663. The number of nitrogens with one attached hydrogen (secondary N) is 1. The Morgan fingerprint density at radius 2 is 2.07 bits per heavy atom. The zero-order valence-electron chi connectivity index (χ0n) is 16.1. The van der Waals surface area contributed by atoms with Crippen molar-refractivity contribution in [2.24, 2.45) is 5.92 Å². The third kappa shape index (κ3) is 3.94. The zero-order valence-corrected chi connectivity index (χ0v) is 16.1. The number of aromatic nitrogens is 3. The maximum absolute atomic E-state index is 12.9. The fourth-order valence-corrected chi connectivity index (χ4v) is 3.53. The minimum Gasteiger partial charge on any atom is -0.493 e. The normalized spacial score (nSPS) is 16.5. The van der Waals surface area contributed by atoms with Gasteiger partial charge in [0.05, 0.1) is 30.4 Å². The van der Waals surface area contributed by atoms with E-state index in [2.05, 4.69) is 15.2 Å². The van der Waals surface area contributed by atoms with Gasteiger partial charge in [-0.05, 0) is 48.6 Å². The average Bonchev–Trinajstić information content (AvgIpc) is 3.28. The number of nitrogens with zero attached hydrogens (tertiary/aromatic N) is 4. The third-order valence-corrected chi connectivity index (χ3v) is 5.40. The first-order chi connectivity index (χ1) is 14.3. The highest BCUT2D eigenvalue weighted by Crippen LogP contribution is 2.30. The van der Waals surface area contributed by atoms with Crippen LogP contribution in [0.4, 0.5) is 10.5 Å². The Balaban J connectivity index is 1.23. The summed E-state index contributed by atoms with van der Waals surface area (Å²) in [7, 11) is 0. The smallest absolute Gasteiger partial charge is 0.324 e. The second-order valence-corrected chi connectivity index (χ2v) is 7.65. The van der Waals surface area contributed by atoms with E-state index in [1.807, 2.05) is 41.3 Å². The molecule has 7 heteroatoms. The molecule has 148 valence electrons. The lowest BCUT2D eigenvalue weighted by Crippen LogP contribution is -2.31. The van der Waals surface area contributed by atoms with Crippen LogP contribution in [-0.2, 0) is 6.54 Å². The molecule has 1 aliphatic carbocycles. The number of carbonyl (C=O) groups is 1. The predicted molar refractivity (Wildman–Crippen MR) is 110 cm³/mol. The lowest BCUT2D eigenvalue weighted by molar-refractivity contribution is 0.218. The Hall–Kier alpha value is -3.35. The number of benzene rings is 1. The number of hydrogen-bond acceptors (Lipinski definition) is 4. The van der Waals surface area contributed by atoms with Crippen LogP contribution in [0.25, 0.3) is 11.3 Å². The van der Waals surface area contributed by atoms with Crippen LogP contribution in [0.1, 0.15) is 18.4 Å². The number of urea groups is 1. The van der Waals surface area contributed by atoms with Gasteiger partial charge in [-0.15, -0.1) is 0 Å². The first-order valence-electron chi connectivity index (χ1n) is 10.00. The number of aromatic amines is 1. The molecule has 5 rings (SSSR count). The maximum atomic E-state index is 12.9. The van der Waals surface area contributed by atoms with Gasteiger partial charge in [0.2, 0.25) is 0 Å². The first-order valence-corrected chi connectivity index (χ1v) is 10.00. The quantitative estimate of drug-likeness (QED) is 0.669. The van der Waals surface area contributed by atoms with Crippen molar-refractivity contribution in [1.29, 1.82) is 0 Å². The Kier molecular flexibility index (Phi) is 4.63. The van der Waals surface area contributed by atoms with Gasteiger partial charge >= 0.3 is 6.03 Å². The van der Waals surface area contributed by atoms with Gasteiger partial charge in [-0.25, -0.2) is 4.79 Å². The molecule has 1 saturated heterocycles. The minimum absolute atomic E-state index is 0.00663. The Labute approximate surface area is 169 Å². The van der Waals surface area contributed by atoms with Crippen molar-refractivity contribution >= 4 is 11.7 Å². The third-order valence-electron chi connectivity index (χ3n) is 5.40. The SMILES string of the molecule is O=C1N(Cc2cccc(OCC3CC3)c2)CCN1c1ccc(-c2cn[nH]c2)nc1. The topological polar surface area (TPSA) is 74.3 Å². The standard InChI is InChI=1S/C22H23N5O2/c28-22-26(14-17-2-1-3-20(10-17)29-15-16-4-5-16)8-9-27(22)19-6-7-21(23-13-19)18-11-24-25-12-18/h1-3,6-7,10-13,16H,4-5,8-9,14-15H2,(H,24,25). The van der Waals surface area contributed by atoms with E-state index >= 15 is 0 Å². The molecule has 29 heavy (non-hydrogen) atoms. The van der Waals surface area contributed by atoms with Gasteiger partial charge in [-0.1, -0.05) is 12.1 Å². The van der Waals surface area contributed by atoms with Crippen molar-refractivity contribution in [3.63, 3.8) is 0 Å². The highest BCUT2D eigenvalue weighted by atomic mass is 16.5. The summed E-state index contributed by atoms with van der Waals surface area (Å²) in [5, 5.41) is 6.73. The molecule has 3 aromatic rings. The lowest BCUT2D eigenvalue weighted by Gasteiger charge is -2.19. The Bertz CT molecular complexity index is 983. The average molecular weight is 389 g/mol. The van der Waals surface area contributed by atoms with E-state index < -0.39 is 0 Å². The molecule has 0 radical (unpaired) electrons. The molecule has 0 unspecified atom stereocenters. The molecule has 1 aliphatic heterocycles. The second-order valence-electron chi connectivity index (χ2n) is 7.65. The fraction of sp³-hybridized carbons (Fsp3) is 0.318. The van der Waals surface area contributed by atoms with Crippen molar-refractivity contribution in [1.82, 2.24) is 20.1 Å². The number of rotatable bonds is 7. The first kappa shape index (κ1) is 17.7. The van der Waals surface area contributed by atoms with Crippen molar-refractivity contribution in [3.05, 3.63) is 60.6 Å². The molecular formula is C22H23N5O2. The molecule has 7 nitrogen and oxygen atoms in total. The number of pyridine rings is 1. The number of amides is 2. The van der Waals surface area contributed by atoms with Crippen LogP contribution in [0.3, 0.4) is 0 Å². The van der Waals surface area contributed by atoms with E-state index in [4.69, 9.17) is 4.74 Å². The van der Waals surface area contributed by atoms with Gasteiger partial charge in [-0.3, -0.25) is 15.0 Å². The molecule has 1 N–H and O–H groups in total. The Morgan fingerprint density at radius 1 is 1.14 bits per heavy atom.